The number of hydrogen-bond donors (Lipinski definition) is 1. The maximum absolute atomic E-state index is 6.18. The zero-order valence-electron chi connectivity index (χ0n) is 9.15. The second-order valence-corrected chi connectivity index (χ2v) is 5.01. The number of ether oxygens (including phenoxy) is 1. The van der Waals surface area contributed by atoms with Crippen molar-refractivity contribution in [2.75, 3.05) is 18.5 Å². The molecule has 1 aromatic heterocycles. The van der Waals surface area contributed by atoms with Gasteiger partial charge in [-0.25, -0.2) is 0 Å². The molecule has 3 rings (SSSR count). The molecule has 0 radical (unpaired) electrons. The predicted octanol–water partition coefficient (Wildman–Crippen LogP) is 2.94. The summed E-state index contributed by atoms with van der Waals surface area (Å²) in [7, 11) is 0. The Morgan fingerprint density at radius 1 is 1.47 bits per heavy atom. The lowest BCUT2D eigenvalue weighted by atomic mass is 10.2. The Hall–Kier alpha value is -0.910. The highest BCUT2D eigenvalue weighted by Gasteiger charge is 2.17. The fourth-order valence-electron chi connectivity index (χ4n) is 2.02. The molecule has 1 saturated heterocycles. The van der Waals surface area contributed by atoms with E-state index in [1.165, 1.54) is 11.7 Å². The molecule has 90 valence electrons. The lowest BCUT2D eigenvalue weighted by Crippen LogP contribution is -2.18. The fourth-order valence-corrected chi connectivity index (χ4v) is 2.78. The number of nitrogens with one attached hydrogen (secondary N) is 1. The highest BCUT2D eigenvalue weighted by molar-refractivity contribution is 7.00. The number of aromatic nitrogens is 2. The number of fused-ring (bicyclic) bond motifs is 1. The number of halogens is 1. The minimum atomic E-state index is 0.285. The van der Waals surface area contributed by atoms with E-state index in [0.29, 0.717) is 5.02 Å². The Labute approximate surface area is 108 Å². The lowest BCUT2D eigenvalue weighted by Gasteiger charge is -2.13. The van der Waals surface area contributed by atoms with Crippen LogP contribution in [0.5, 0.6) is 0 Å². The zero-order valence-corrected chi connectivity index (χ0v) is 10.7. The molecule has 6 heteroatoms. The molecule has 0 aliphatic carbocycles. The van der Waals surface area contributed by atoms with Crippen LogP contribution in [0.2, 0.25) is 5.02 Å². The maximum Gasteiger partial charge on any atom is 0.129 e. The van der Waals surface area contributed by atoms with Gasteiger partial charge in [0.15, 0.2) is 0 Å². The van der Waals surface area contributed by atoms with Crippen molar-refractivity contribution < 1.29 is 4.74 Å². The summed E-state index contributed by atoms with van der Waals surface area (Å²) in [5.74, 6) is 0. The third-order valence-electron chi connectivity index (χ3n) is 2.91. The average Bonchev–Trinajstić information content (AvgIpc) is 2.97. The van der Waals surface area contributed by atoms with Gasteiger partial charge in [-0.15, -0.1) is 0 Å². The van der Waals surface area contributed by atoms with Crippen molar-refractivity contribution in [1.29, 1.82) is 0 Å². The molecule has 1 N–H and O–H groups in total. The van der Waals surface area contributed by atoms with E-state index in [-0.39, 0.29) is 6.10 Å². The van der Waals surface area contributed by atoms with Crippen LogP contribution in [0.25, 0.3) is 11.0 Å². The van der Waals surface area contributed by atoms with E-state index in [2.05, 4.69) is 14.1 Å². The third kappa shape index (κ3) is 2.22. The monoisotopic (exact) mass is 269 g/mol. The van der Waals surface area contributed by atoms with E-state index in [9.17, 15) is 0 Å². The molecular weight excluding hydrogens is 258 g/mol. The Kier molecular flexibility index (Phi) is 3.13. The molecule has 0 bridgehead atoms. The van der Waals surface area contributed by atoms with Crippen molar-refractivity contribution in [2.24, 2.45) is 0 Å². The number of hydrogen-bond acceptors (Lipinski definition) is 5. The van der Waals surface area contributed by atoms with Crippen molar-refractivity contribution >= 4 is 40.0 Å². The van der Waals surface area contributed by atoms with Crippen LogP contribution in [-0.2, 0) is 4.74 Å². The summed E-state index contributed by atoms with van der Waals surface area (Å²) in [5, 5.41) is 4.01. The molecule has 2 heterocycles. The van der Waals surface area contributed by atoms with Crippen molar-refractivity contribution in [1.82, 2.24) is 8.75 Å². The predicted molar refractivity (Wildman–Crippen MR) is 69.9 cm³/mol. The summed E-state index contributed by atoms with van der Waals surface area (Å²) in [6.07, 6.45) is 2.53. The largest absolute Gasteiger partial charge is 0.379 e. The first-order chi connectivity index (χ1) is 8.34. The highest BCUT2D eigenvalue weighted by atomic mass is 35.5. The smallest absolute Gasteiger partial charge is 0.129 e. The second kappa shape index (κ2) is 4.76. The molecule has 4 nitrogen and oxygen atoms in total. The Balaban J connectivity index is 1.82. The van der Waals surface area contributed by atoms with Gasteiger partial charge >= 0.3 is 0 Å². The van der Waals surface area contributed by atoms with Crippen LogP contribution in [-0.4, -0.2) is 28.0 Å². The molecule has 17 heavy (non-hydrogen) atoms. The fraction of sp³-hybridized carbons (Fsp3) is 0.455. The van der Waals surface area contributed by atoms with E-state index in [0.717, 1.165) is 42.7 Å². The first-order valence-corrected chi connectivity index (χ1v) is 6.71. The molecule has 2 aromatic rings. The number of nitrogens with zero attached hydrogens (tertiary/aromatic N) is 2. The van der Waals surface area contributed by atoms with Gasteiger partial charge in [0.1, 0.15) is 11.0 Å². The van der Waals surface area contributed by atoms with Gasteiger partial charge in [0.2, 0.25) is 0 Å². The summed E-state index contributed by atoms with van der Waals surface area (Å²) in [6, 6.07) is 3.74. The van der Waals surface area contributed by atoms with Crippen LogP contribution in [0.1, 0.15) is 12.8 Å². The SMILES string of the molecule is Clc1ccc2nsnc2c1NCC1CCCO1. The molecule has 1 fully saturated rings. The standard InChI is InChI=1S/C11H12ClN3OS/c12-8-3-4-9-11(15-17-14-9)10(8)13-6-7-2-1-5-16-7/h3-4,7,13H,1-2,5-6H2. The number of rotatable bonds is 3. The molecular formula is C11H12ClN3OS. The molecule has 1 unspecified atom stereocenters. The minimum Gasteiger partial charge on any atom is -0.379 e. The van der Waals surface area contributed by atoms with Gasteiger partial charge in [0.25, 0.3) is 0 Å². The lowest BCUT2D eigenvalue weighted by molar-refractivity contribution is 0.120. The van der Waals surface area contributed by atoms with Gasteiger partial charge in [0.05, 0.1) is 28.5 Å². The molecule has 0 saturated carbocycles. The summed E-state index contributed by atoms with van der Waals surface area (Å²) in [4.78, 5) is 0. The maximum atomic E-state index is 6.18. The highest BCUT2D eigenvalue weighted by Crippen LogP contribution is 2.30. The van der Waals surface area contributed by atoms with Gasteiger partial charge in [-0.05, 0) is 25.0 Å². The normalized spacial score (nSPS) is 19.9. The van der Waals surface area contributed by atoms with Gasteiger partial charge in [-0.1, -0.05) is 11.6 Å². The van der Waals surface area contributed by atoms with Gasteiger partial charge in [-0.2, -0.15) is 8.75 Å². The van der Waals surface area contributed by atoms with Crippen LogP contribution in [0.3, 0.4) is 0 Å². The van der Waals surface area contributed by atoms with Gasteiger partial charge in [0, 0.05) is 13.2 Å². The summed E-state index contributed by atoms with van der Waals surface area (Å²) < 4.78 is 14.0. The van der Waals surface area contributed by atoms with Crippen molar-refractivity contribution in [3.8, 4) is 0 Å². The molecule has 1 aliphatic heterocycles. The third-order valence-corrected chi connectivity index (χ3v) is 3.77. The Morgan fingerprint density at radius 3 is 3.24 bits per heavy atom. The van der Waals surface area contributed by atoms with Crippen molar-refractivity contribution in [2.45, 2.75) is 18.9 Å². The van der Waals surface area contributed by atoms with E-state index in [4.69, 9.17) is 16.3 Å². The van der Waals surface area contributed by atoms with Crippen LogP contribution in [0, 0.1) is 0 Å². The molecule has 1 atom stereocenters. The number of anilines is 1. The number of benzene rings is 1. The van der Waals surface area contributed by atoms with Crippen LogP contribution >= 0.6 is 23.3 Å². The van der Waals surface area contributed by atoms with E-state index >= 15 is 0 Å². The molecule has 0 amide bonds. The van der Waals surface area contributed by atoms with Crippen LogP contribution in [0.15, 0.2) is 12.1 Å². The molecule has 1 aromatic carbocycles. The van der Waals surface area contributed by atoms with Crippen molar-refractivity contribution in [3.05, 3.63) is 17.2 Å². The van der Waals surface area contributed by atoms with E-state index < -0.39 is 0 Å². The van der Waals surface area contributed by atoms with Crippen LogP contribution < -0.4 is 5.32 Å². The van der Waals surface area contributed by atoms with Gasteiger partial charge in [-0.3, -0.25) is 0 Å². The molecule has 0 spiro atoms. The van der Waals surface area contributed by atoms with Crippen molar-refractivity contribution in [3.63, 3.8) is 0 Å². The average molecular weight is 270 g/mol. The minimum absolute atomic E-state index is 0.285. The quantitative estimate of drug-likeness (QED) is 0.931. The van der Waals surface area contributed by atoms with E-state index in [1.807, 2.05) is 12.1 Å². The van der Waals surface area contributed by atoms with E-state index in [1.54, 1.807) is 0 Å². The summed E-state index contributed by atoms with van der Waals surface area (Å²) in [6.45, 7) is 1.64. The summed E-state index contributed by atoms with van der Waals surface area (Å²) >= 11 is 7.38. The van der Waals surface area contributed by atoms with Gasteiger partial charge < -0.3 is 10.1 Å². The second-order valence-electron chi connectivity index (χ2n) is 4.07. The Morgan fingerprint density at radius 2 is 2.41 bits per heavy atom. The first kappa shape index (κ1) is 11.2. The summed E-state index contributed by atoms with van der Waals surface area (Å²) in [5.41, 5.74) is 2.60. The first-order valence-electron chi connectivity index (χ1n) is 5.61. The zero-order chi connectivity index (χ0) is 11.7. The topological polar surface area (TPSA) is 47.0 Å². The molecule has 1 aliphatic rings. The Bertz CT molecular complexity index is 524. The van der Waals surface area contributed by atoms with Crippen LogP contribution in [0.4, 0.5) is 5.69 Å².